The Labute approximate surface area is 184 Å². The maximum atomic E-state index is 5.93. The van der Waals surface area contributed by atoms with Gasteiger partial charge in [-0.2, -0.15) is 5.10 Å². The fourth-order valence-corrected chi connectivity index (χ4v) is 3.96. The Bertz CT molecular complexity index is 1260. The van der Waals surface area contributed by atoms with Crippen molar-refractivity contribution < 1.29 is 9.15 Å². The molecule has 0 aliphatic carbocycles. The molecule has 6 heteroatoms. The SMILES string of the molecule is Cc1oc(-c2cccs2)nc1COc1ccc(Cn2ccc(-c3ccccc3)n2)cc1. The van der Waals surface area contributed by atoms with Crippen LogP contribution in [0.1, 0.15) is 17.0 Å². The Morgan fingerprint density at radius 3 is 2.58 bits per heavy atom. The molecule has 3 aromatic heterocycles. The monoisotopic (exact) mass is 427 g/mol. The van der Waals surface area contributed by atoms with Crippen LogP contribution in [0.5, 0.6) is 5.75 Å². The minimum atomic E-state index is 0.375. The maximum absolute atomic E-state index is 5.93. The molecule has 31 heavy (non-hydrogen) atoms. The standard InChI is InChI=1S/C25H21N3O2S/c1-18-23(26-25(30-18)24-8-5-15-31-24)17-29-21-11-9-19(10-12-21)16-28-14-13-22(27-28)20-6-3-2-4-7-20/h2-15H,16-17H2,1H3. The van der Waals surface area contributed by atoms with E-state index in [-0.39, 0.29) is 0 Å². The Balaban J connectivity index is 1.21. The molecule has 5 rings (SSSR count). The molecule has 5 nitrogen and oxygen atoms in total. The summed E-state index contributed by atoms with van der Waals surface area (Å²) in [6, 6.07) is 24.3. The first-order chi connectivity index (χ1) is 15.2. The zero-order valence-corrected chi connectivity index (χ0v) is 17.9. The van der Waals surface area contributed by atoms with Crippen molar-refractivity contribution in [1.29, 1.82) is 0 Å². The van der Waals surface area contributed by atoms with Crippen LogP contribution >= 0.6 is 11.3 Å². The Hall–Kier alpha value is -3.64. The summed E-state index contributed by atoms with van der Waals surface area (Å²) in [6.07, 6.45) is 2.01. The van der Waals surface area contributed by atoms with Crippen molar-refractivity contribution in [2.45, 2.75) is 20.1 Å². The number of aromatic nitrogens is 3. The van der Waals surface area contributed by atoms with Crippen molar-refractivity contribution in [2.75, 3.05) is 0 Å². The highest BCUT2D eigenvalue weighted by atomic mass is 32.1. The molecule has 0 amide bonds. The molecule has 154 valence electrons. The quantitative estimate of drug-likeness (QED) is 0.310. The fraction of sp³-hybridized carbons (Fsp3) is 0.120. The summed E-state index contributed by atoms with van der Waals surface area (Å²) in [6.45, 7) is 3.00. The van der Waals surface area contributed by atoms with Gasteiger partial charge in [-0.3, -0.25) is 4.68 Å². The van der Waals surface area contributed by atoms with E-state index in [2.05, 4.69) is 34.3 Å². The van der Waals surface area contributed by atoms with Crippen LogP contribution in [0.2, 0.25) is 0 Å². The normalized spacial score (nSPS) is 11.0. The van der Waals surface area contributed by atoms with Crippen LogP contribution in [0.3, 0.4) is 0 Å². The van der Waals surface area contributed by atoms with Crippen LogP contribution in [0.25, 0.3) is 22.0 Å². The maximum Gasteiger partial charge on any atom is 0.236 e. The Kier molecular flexibility index (Phi) is 5.37. The first-order valence-corrected chi connectivity index (χ1v) is 10.9. The zero-order valence-electron chi connectivity index (χ0n) is 17.1. The number of thiophene rings is 1. The molecule has 2 aromatic carbocycles. The fourth-order valence-electron chi connectivity index (χ4n) is 3.31. The second-order valence-electron chi connectivity index (χ2n) is 7.20. The average molecular weight is 428 g/mol. The van der Waals surface area contributed by atoms with E-state index >= 15 is 0 Å². The number of oxazole rings is 1. The molecule has 0 fully saturated rings. The van der Waals surface area contributed by atoms with Crippen LogP contribution in [0.4, 0.5) is 0 Å². The lowest BCUT2D eigenvalue weighted by molar-refractivity contribution is 0.299. The zero-order chi connectivity index (χ0) is 21.0. The summed E-state index contributed by atoms with van der Waals surface area (Å²) in [5.74, 6) is 2.23. The van der Waals surface area contributed by atoms with Gasteiger partial charge in [-0.1, -0.05) is 48.5 Å². The highest BCUT2D eigenvalue weighted by Gasteiger charge is 2.12. The van der Waals surface area contributed by atoms with Crippen molar-refractivity contribution in [2.24, 2.45) is 0 Å². The van der Waals surface area contributed by atoms with E-state index in [1.54, 1.807) is 11.3 Å². The number of hydrogen-bond acceptors (Lipinski definition) is 5. The van der Waals surface area contributed by atoms with Crippen LogP contribution in [-0.2, 0) is 13.2 Å². The molecule has 0 spiro atoms. The molecule has 0 unspecified atom stereocenters. The number of ether oxygens (including phenoxy) is 1. The molecule has 0 aliphatic rings. The highest BCUT2D eigenvalue weighted by molar-refractivity contribution is 7.13. The first kappa shape index (κ1) is 19.3. The van der Waals surface area contributed by atoms with Gasteiger partial charge in [0.1, 0.15) is 23.8 Å². The topological polar surface area (TPSA) is 53.1 Å². The van der Waals surface area contributed by atoms with Crippen molar-refractivity contribution >= 4 is 11.3 Å². The van der Waals surface area contributed by atoms with Gasteiger partial charge >= 0.3 is 0 Å². The van der Waals surface area contributed by atoms with Crippen molar-refractivity contribution in [3.05, 3.63) is 101 Å². The second-order valence-corrected chi connectivity index (χ2v) is 8.14. The van der Waals surface area contributed by atoms with Crippen molar-refractivity contribution in [3.63, 3.8) is 0 Å². The smallest absolute Gasteiger partial charge is 0.236 e. The number of aryl methyl sites for hydroxylation is 1. The Morgan fingerprint density at radius 2 is 1.81 bits per heavy atom. The second kappa shape index (κ2) is 8.62. The number of nitrogens with zero attached hydrogens (tertiary/aromatic N) is 3. The molecule has 0 atom stereocenters. The van der Waals surface area contributed by atoms with E-state index in [4.69, 9.17) is 9.15 Å². The summed E-state index contributed by atoms with van der Waals surface area (Å²) < 4.78 is 13.7. The third-order valence-electron chi connectivity index (χ3n) is 4.98. The van der Waals surface area contributed by atoms with Gasteiger partial charge in [0, 0.05) is 11.8 Å². The molecule has 0 saturated heterocycles. The summed E-state index contributed by atoms with van der Waals surface area (Å²) in [5, 5.41) is 6.69. The molecule has 0 aliphatic heterocycles. The van der Waals surface area contributed by atoms with Crippen LogP contribution in [0.15, 0.2) is 88.8 Å². The van der Waals surface area contributed by atoms with E-state index in [0.29, 0.717) is 19.0 Å². The van der Waals surface area contributed by atoms with Crippen LogP contribution in [-0.4, -0.2) is 14.8 Å². The minimum Gasteiger partial charge on any atom is -0.487 e. The molecule has 5 aromatic rings. The van der Waals surface area contributed by atoms with Crippen LogP contribution < -0.4 is 4.74 Å². The van der Waals surface area contributed by atoms with E-state index in [1.807, 2.05) is 71.7 Å². The van der Waals surface area contributed by atoms with Gasteiger partial charge in [0.2, 0.25) is 5.89 Å². The van der Waals surface area contributed by atoms with Crippen molar-refractivity contribution in [1.82, 2.24) is 14.8 Å². The average Bonchev–Trinajstić information content (AvgIpc) is 3.55. The molecule has 0 bridgehead atoms. The van der Waals surface area contributed by atoms with Gasteiger partial charge in [0.15, 0.2) is 0 Å². The highest BCUT2D eigenvalue weighted by Crippen LogP contribution is 2.26. The Morgan fingerprint density at radius 1 is 0.968 bits per heavy atom. The van der Waals surface area contributed by atoms with E-state index in [9.17, 15) is 0 Å². The van der Waals surface area contributed by atoms with Gasteiger partial charge in [-0.25, -0.2) is 4.98 Å². The predicted octanol–water partition coefficient (Wildman–Crippen LogP) is 6.20. The molecule has 3 heterocycles. The number of rotatable bonds is 7. The van der Waals surface area contributed by atoms with Gasteiger partial charge < -0.3 is 9.15 Å². The molecular formula is C25H21N3O2S. The minimum absolute atomic E-state index is 0.375. The third kappa shape index (κ3) is 4.44. The lowest BCUT2D eigenvalue weighted by Gasteiger charge is -2.07. The lowest BCUT2D eigenvalue weighted by Crippen LogP contribution is -2.01. The van der Waals surface area contributed by atoms with Gasteiger partial charge in [-0.05, 0) is 42.1 Å². The summed E-state index contributed by atoms with van der Waals surface area (Å²) >= 11 is 1.61. The summed E-state index contributed by atoms with van der Waals surface area (Å²) in [4.78, 5) is 5.60. The van der Waals surface area contributed by atoms with E-state index in [0.717, 1.165) is 38.9 Å². The largest absolute Gasteiger partial charge is 0.487 e. The van der Waals surface area contributed by atoms with Gasteiger partial charge in [0.25, 0.3) is 0 Å². The molecule has 0 N–H and O–H groups in total. The molecular weight excluding hydrogens is 406 g/mol. The van der Waals surface area contributed by atoms with Crippen LogP contribution in [0, 0.1) is 6.92 Å². The lowest BCUT2D eigenvalue weighted by atomic mass is 10.2. The molecule has 0 radical (unpaired) electrons. The predicted molar refractivity (Wildman–Crippen MR) is 122 cm³/mol. The van der Waals surface area contributed by atoms with Gasteiger partial charge in [0.05, 0.1) is 17.1 Å². The number of hydrogen-bond donors (Lipinski definition) is 0. The first-order valence-electron chi connectivity index (χ1n) is 10.1. The number of benzene rings is 2. The van der Waals surface area contributed by atoms with E-state index < -0.39 is 0 Å². The summed E-state index contributed by atoms with van der Waals surface area (Å²) in [7, 11) is 0. The third-order valence-corrected chi connectivity index (χ3v) is 5.84. The van der Waals surface area contributed by atoms with E-state index in [1.165, 1.54) is 0 Å². The summed E-state index contributed by atoms with van der Waals surface area (Å²) in [5.41, 5.74) is 4.07. The van der Waals surface area contributed by atoms with Crippen molar-refractivity contribution in [3.8, 4) is 27.8 Å². The van der Waals surface area contributed by atoms with Gasteiger partial charge in [-0.15, -0.1) is 11.3 Å². The molecule has 0 saturated carbocycles.